The molecular weight excluding hydrogens is 226 g/mol. The van der Waals surface area contributed by atoms with Crippen LogP contribution in [0.1, 0.15) is 50.0 Å². The summed E-state index contributed by atoms with van der Waals surface area (Å²) in [5.41, 5.74) is 1.93. The van der Waals surface area contributed by atoms with Crippen LogP contribution in [0.5, 0.6) is 0 Å². The van der Waals surface area contributed by atoms with Gasteiger partial charge in [-0.3, -0.25) is 4.79 Å². The lowest BCUT2D eigenvalue weighted by atomic mass is 9.86. The van der Waals surface area contributed by atoms with Crippen LogP contribution in [0.3, 0.4) is 0 Å². The summed E-state index contributed by atoms with van der Waals surface area (Å²) >= 11 is 0. The van der Waals surface area contributed by atoms with E-state index in [2.05, 4.69) is 26.1 Å². The molecule has 3 nitrogen and oxygen atoms in total. The summed E-state index contributed by atoms with van der Waals surface area (Å²) in [6.07, 6.45) is 0.725. The lowest BCUT2D eigenvalue weighted by Gasteiger charge is -2.19. The van der Waals surface area contributed by atoms with Crippen molar-refractivity contribution in [3.05, 3.63) is 35.4 Å². The van der Waals surface area contributed by atoms with E-state index in [0.717, 1.165) is 6.42 Å². The van der Waals surface area contributed by atoms with Crippen molar-refractivity contribution in [2.45, 2.75) is 45.6 Å². The predicted molar refractivity (Wildman–Crippen MR) is 73.8 cm³/mol. The van der Waals surface area contributed by atoms with Crippen LogP contribution >= 0.6 is 0 Å². The Balaban J connectivity index is 2.76. The SMILES string of the molecule is CC[C@H](CO)NC(=O)c1ccc(C(C)(C)C)cc1. The third-order valence-electron chi connectivity index (χ3n) is 3.06. The molecule has 1 atom stereocenters. The molecular formula is C15H23NO2. The Morgan fingerprint density at radius 3 is 2.22 bits per heavy atom. The molecule has 0 aromatic heterocycles. The molecule has 1 aromatic carbocycles. The van der Waals surface area contributed by atoms with Crippen molar-refractivity contribution in [1.82, 2.24) is 5.32 Å². The minimum Gasteiger partial charge on any atom is -0.394 e. The molecule has 0 bridgehead atoms. The summed E-state index contributed by atoms with van der Waals surface area (Å²) in [6.45, 7) is 8.33. The second-order valence-electron chi connectivity index (χ2n) is 5.59. The molecule has 0 radical (unpaired) electrons. The number of amides is 1. The maximum atomic E-state index is 11.9. The fourth-order valence-electron chi connectivity index (χ4n) is 1.67. The minimum absolute atomic E-state index is 0.0255. The van der Waals surface area contributed by atoms with E-state index in [9.17, 15) is 4.79 Å². The lowest BCUT2D eigenvalue weighted by molar-refractivity contribution is 0.0915. The van der Waals surface area contributed by atoms with E-state index < -0.39 is 0 Å². The van der Waals surface area contributed by atoms with Gasteiger partial charge in [0.1, 0.15) is 0 Å². The minimum atomic E-state index is -0.167. The molecule has 0 fully saturated rings. The standard InChI is InChI=1S/C15H23NO2/c1-5-13(10-17)16-14(18)11-6-8-12(9-7-11)15(2,3)4/h6-9,13,17H,5,10H2,1-4H3,(H,16,18)/t13-/m1/s1. The van der Waals surface area contributed by atoms with Gasteiger partial charge in [0.05, 0.1) is 12.6 Å². The van der Waals surface area contributed by atoms with E-state index in [-0.39, 0.29) is 24.0 Å². The highest BCUT2D eigenvalue weighted by Crippen LogP contribution is 2.22. The number of hydrogen-bond donors (Lipinski definition) is 2. The third-order valence-corrected chi connectivity index (χ3v) is 3.06. The molecule has 0 heterocycles. The molecule has 0 saturated carbocycles. The molecule has 100 valence electrons. The summed E-state index contributed by atoms with van der Waals surface area (Å²) in [7, 11) is 0. The first kappa shape index (κ1) is 14.7. The number of aliphatic hydroxyl groups is 1. The topological polar surface area (TPSA) is 49.3 Å². The van der Waals surface area contributed by atoms with E-state index in [1.165, 1.54) is 5.56 Å². The largest absolute Gasteiger partial charge is 0.394 e. The van der Waals surface area contributed by atoms with Gasteiger partial charge in [0.25, 0.3) is 5.91 Å². The second-order valence-corrected chi connectivity index (χ2v) is 5.59. The Hall–Kier alpha value is -1.35. The molecule has 1 amide bonds. The number of hydrogen-bond acceptors (Lipinski definition) is 2. The first-order valence-corrected chi connectivity index (χ1v) is 6.40. The highest BCUT2D eigenvalue weighted by atomic mass is 16.3. The van der Waals surface area contributed by atoms with Crippen LogP contribution in [-0.4, -0.2) is 23.7 Å². The number of benzene rings is 1. The van der Waals surface area contributed by atoms with Crippen molar-refractivity contribution in [2.24, 2.45) is 0 Å². The maximum Gasteiger partial charge on any atom is 0.251 e. The van der Waals surface area contributed by atoms with Crippen LogP contribution in [0.4, 0.5) is 0 Å². The highest BCUT2D eigenvalue weighted by Gasteiger charge is 2.15. The van der Waals surface area contributed by atoms with Gasteiger partial charge in [0.2, 0.25) is 0 Å². The normalized spacial score (nSPS) is 13.2. The molecule has 2 N–H and O–H groups in total. The number of nitrogens with one attached hydrogen (secondary N) is 1. The predicted octanol–water partition coefficient (Wildman–Crippen LogP) is 2.48. The molecule has 3 heteroatoms. The van der Waals surface area contributed by atoms with E-state index in [4.69, 9.17) is 5.11 Å². The Bertz CT molecular complexity index is 386. The van der Waals surface area contributed by atoms with Gasteiger partial charge < -0.3 is 10.4 Å². The van der Waals surface area contributed by atoms with Crippen molar-refractivity contribution in [3.63, 3.8) is 0 Å². The highest BCUT2D eigenvalue weighted by molar-refractivity contribution is 5.94. The summed E-state index contributed by atoms with van der Waals surface area (Å²) in [4.78, 5) is 11.9. The maximum absolute atomic E-state index is 11.9. The zero-order valence-corrected chi connectivity index (χ0v) is 11.7. The van der Waals surface area contributed by atoms with Gasteiger partial charge in [-0.2, -0.15) is 0 Å². The van der Waals surface area contributed by atoms with Gasteiger partial charge in [-0.05, 0) is 29.5 Å². The Kier molecular flexibility index (Phi) is 4.91. The molecule has 1 aromatic rings. The van der Waals surface area contributed by atoms with E-state index in [1.807, 2.05) is 31.2 Å². The average Bonchev–Trinajstić information content (AvgIpc) is 2.34. The van der Waals surface area contributed by atoms with Gasteiger partial charge >= 0.3 is 0 Å². The average molecular weight is 249 g/mol. The Morgan fingerprint density at radius 2 is 1.83 bits per heavy atom. The molecule has 0 spiro atoms. The fraction of sp³-hybridized carbons (Fsp3) is 0.533. The number of aliphatic hydroxyl groups excluding tert-OH is 1. The molecule has 0 aliphatic heterocycles. The molecule has 0 saturated heterocycles. The summed E-state index contributed by atoms with van der Waals surface area (Å²) < 4.78 is 0. The second kappa shape index (κ2) is 6.01. The molecule has 0 aliphatic carbocycles. The van der Waals surface area contributed by atoms with Crippen LogP contribution in [0, 0.1) is 0 Å². The van der Waals surface area contributed by atoms with E-state index >= 15 is 0 Å². The van der Waals surface area contributed by atoms with Crippen LogP contribution in [0.25, 0.3) is 0 Å². The number of rotatable bonds is 4. The van der Waals surface area contributed by atoms with Crippen molar-refractivity contribution in [2.75, 3.05) is 6.61 Å². The molecule has 1 rings (SSSR count). The van der Waals surface area contributed by atoms with Crippen LogP contribution in [0.2, 0.25) is 0 Å². The first-order valence-electron chi connectivity index (χ1n) is 6.40. The van der Waals surface area contributed by atoms with Gasteiger partial charge in [-0.25, -0.2) is 0 Å². The summed E-state index contributed by atoms with van der Waals surface area (Å²) in [5.74, 6) is -0.128. The smallest absolute Gasteiger partial charge is 0.251 e. The van der Waals surface area contributed by atoms with Gasteiger partial charge in [0, 0.05) is 5.56 Å². The van der Waals surface area contributed by atoms with Crippen molar-refractivity contribution >= 4 is 5.91 Å². The quantitative estimate of drug-likeness (QED) is 0.861. The Labute approximate surface area is 109 Å². The molecule has 18 heavy (non-hydrogen) atoms. The fourth-order valence-corrected chi connectivity index (χ4v) is 1.67. The summed E-state index contributed by atoms with van der Waals surface area (Å²) in [6, 6.07) is 7.46. The van der Waals surface area contributed by atoms with Gasteiger partial charge in [0.15, 0.2) is 0 Å². The summed E-state index contributed by atoms with van der Waals surface area (Å²) in [5, 5.41) is 11.9. The van der Waals surface area contributed by atoms with Crippen molar-refractivity contribution < 1.29 is 9.90 Å². The van der Waals surface area contributed by atoms with Crippen molar-refractivity contribution in [3.8, 4) is 0 Å². The zero-order valence-electron chi connectivity index (χ0n) is 11.7. The van der Waals surface area contributed by atoms with Crippen LogP contribution in [-0.2, 0) is 5.41 Å². The lowest BCUT2D eigenvalue weighted by Crippen LogP contribution is -2.36. The molecule has 0 unspecified atom stereocenters. The molecule has 0 aliphatic rings. The van der Waals surface area contributed by atoms with E-state index in [0.29, 0.717) is 5.56 Å². The zero-order chi connectivity index (χ0) is 13.8. The van der Waals surface area contributed by atoms with E-state index in [1.54, 1.807) is 0 Å². The monoisotopic (exact) mass is 249 g/mol. The van der Waals surface area contributed by atoms with Gasteiger partial charge in [-0.15, -0.1) is 0 Å². The number of carbonyl (C=O) groups is 1. The van der Waals surface area contributed by atoms with Crippen LogP contribution < -0.4 is 5.32 Å². The Morgan fingerprint density at radius 1 is 1.28 bits per heavy atom. The van der Waals surface area contributed by atoms with Crippen molar-refractivity contribution in [1.29, 1.82) is 0 Å². The van der Waals surface area contributed by atoms with Gasteiger partial charge in [-0.1, -0.05) is 39.8 Å². The number of carbonyl (C=O) groups excluding carboxylic acids is 1. The third kappa shape index (κ3) is 3.84. The first-order chi connectivity index (χ1) is 8.38. The van der Waals surface area contributed by atoms with Crippen LogP contribution in [0.15, 0.2) is 24.3 Å².